The summed E-state index contributed by atoms with van der Waals surface area (Å²) in [5.41, 5.74) is 0. The first-order valence-corrected chi connectivity index (χ1v) is 4.68. The number of rotatable bonds is 1. The van der Waals surface area contributed by atoms with E-state index in [1.165, 1.54) is 0 Å². The van der Waals surface area contributed by atoms with Gasteiger partial charge in [0.25, 0.3) is 0 Å². The number of sulfone groups is 1. The third kappa shape index (κ3) is 4.00. The van der Waals surface area contributed by atoms with Crippen molar-refractivity contribution in [2.24, 2.45) is 0 Å². The zero-order valence-corrected chi connectivity index (χ0v) is 10.7. The molecule has 0 amide bonds. The molecule has 1 rings (SSSR count). The SMILES string of the molecule is O=C(O)OC1[CH-]S(=O)(=O)CC1.[Pr]. The van der Waals surface area contributed by atoms with Gasteiger partial charge >= 0.3 is 6.16 Å². The van der Waals surface area contributed by atoms with Gasteiger partial charge in [0.05, 0.1) is 0 Å². The minimum absolute atomic E-state index is 0. The Morgan fingerprint density at radius 2 is 2.17 bits per heavy atom. The Balaban J connectivity index is 0.00000121. The van der Waals surface area contributed by atoms with Gasteiger partial charge in [0, 0.05) is 56.9 Å². The average Bonchev–Trinajstić information content (AvgIpc) is 2.08. The summed E-state index contributed by atoms with van der Waals surface area (Å²) in [5.74, 6) is 0.909. The van der Waals surface area contributed by atoms with Crippen molar-refractivity contribution >= 4 is 16.0 Å². The number of carboxylic acid groups (broad SMARTS) is 1. The third-order valence-electron chi connectivity index (χ3n) is 1.30. The molecule has 1 fully saturated rings. The molecule has 1 N–H and O–H groups in total. The van der Waals surface area contributed by atoms with Crippen molar-refractivity contribution in [1.29, 1.82) is 0 Å². The summed E-state index contributed by atoms with van der Waals surface area (Å²) in [6.45, 7) is 0. The van der Waals surface area contributed by atoms with Crippen LogP contribution < -0.4 is 0 Å². The van der Waals surface area contributed by atoms with Crippen LogP contribution in [0.5, 0.6) is 0 Å². The van der Waals surface area contributed by atoms with Crippen LogP contribution in [0, 0.1) is 47.0 Å². The summed E-state index contributed by atoms with van der Waals surface area (Å²) in [5, 5.41) is 8.11. The maximum absolute atomic E-state index is 10.7. The minimum atomic E-state index is -3.15. The van der Waals surface area contributed by atoms with Gasteiger partial charge in [-0.3, -0.25) is 8.42 Å². The van der Waals surface area contributed by atoms with Crippen LogP contribution in [0.1, 0.15) is 6.42 Å². The Morgan fingerprint density at radius 3 is 2.50 bits per heavy atom. The number of hydrogen-bond donors (Lipinski definition) is 1. The molecule has 1 saturated heterocycles. The summed E-state index contributed by atoms with van der Waals surface area (Å²) in [7, 11) is -3.15. The summed E-state index contributed by atoms with van der Waals surface area (Å²) in [6, 6.07) is 0. The van der Waals surface area contributed by atoms with Gasteiger partial charge in [-0.05, 0) is 12.5 Å². The molecule has 0 saturated carbocycles. The largest absolute Gasteiger partial charge is 0.503 e. The van der Waals surface area contributed by atoms with Crippen molar-refractivity contribution in [1.82, 2.24) is 0 Å². The van der Waals surface area contributed by atoms with E-state index >= 15 is 0 Å². The second kappa shape index (κ2) is 4.72. The second-order valence-electron chi connectivity index (χ2n) is 2.21. The molecule has 7 heteroatoms. The van der Waals surface area contributed by atoms with Gasteiger partial charge in [0.1, 0.15) is 0 Å². The molecule has 1 aliphatic heterocycles. The van der Waals surface area contributed by atoms with Crippen LogP contribution in [-0.2, 0) is 14.6 Å². The Hall–Kier alpha value is 0.584. The minimum Gasteiger partial charge on any atom is -0.463 e. The van der Waals surface area contributed by atoms with Gasteiger partial charge in [-0.1, -0.05) is 0 Å². The predicted octanol–water partition coefficient (Wildman–Crippen LogP) is 0.0299. The van der Waals surface area contributed by atoms with E-state index in [4.69, 9.17) is 5.11 Å². The van der Waals surface area contributed by atoms with Gasteiger partial charge in [-0.25, -0.2) is 4.79 Å². The molecule has 0 bridgehead atoms. The second-order valence-corrected chi connectivity index (χ2v) is 4.22. The summed E-state index contributed by atoms with van der Waals surface area (Å²) in [4.78, 5) is 9.93. The van der Waals surface area contributed by atoms with Crippen molar-refractivity contribution < 1.29 is 64.3 Å². The van der Waals surface area contributed by atoms with Crippen LogP contribution in [-0.4, -0.2) is 31.5 Å². The molecule has 0 aliphatic carbocycles. The molecule has 1 atom stereocenters. The van der Waals surface area contributed by atoms with Crippen molar-refractivity contribution in [3.63, 3.8) is 0 Å². The number of ether oxygens (including phenoxy) is 1. The molecule has 1 unspecified atom stereocenters. The molecule has 0 aromatic rings. The maximum Gasteiger partial charge on any atom is 0.503 e. The van der Waals surface area contributed by atoms with Crippen LogP contribution >= 0.6 is 0 Å². The van der Waals surface area contributed by atoms with E-state index in [2.05, 4.69) is 4.74 Å². The molecule has 1 radical (unpaired) electrons. The topological polar surface area (TPSA) is 80.7 Å². The van der Waals surface area contributed by atoms with Gasteiger partial charge < -0.3 is 9.84 Å². The summed E-state index contributed by atoms with van der Waals surface area (Å²) < 4.78 is 25.6. The predicted molar refractivity (Wildman–Crippen MR) is 35.6 cm³/mol. The summed E-state index contributed by atoms with van der Waals surface area (Å²) >= 11 is 0. The zero-order valence-electron chi connectivity index (χ0n) is 6.13. The molecule has 1 heterocycles. The molecule has 12 heavy (non-hydrogen) atoms. The first kappa shape index (κ1) is 12.6. The first-order valence-electron chi connectivity index (χ1n) is 2.97. The van der Waals surface area contributed by atoms with Crippen LogP contribution in [0.2, 0.25) is 0 Å². The maximum atomic E-state index is 10.7. The van der Waals surface area contributed by atoms with Crippen molar-refractivity contribution in [2.75, 3.05) is 5.75 Å². The fraction of sp³-hybridized carbons (Fsp3) is 0.600. The molecule has 0 aromatic carbocycles. The van der Waals surface area contributed by atoms with E-state index in [1.54, 1.807) is 0 Å². The first-order chi connectivity index (χ1) is 4.99. The van der Waals surface area contributed by atoms with Crippen molar-refractivity contribution in [2.45, 2.75) is 12.5 Å². The van der Waals surface area contributed by atoms with E-state index in [9.17, 15) is 13.2 Å². The van der Waals surface area contributed by atoms with E-state index in [1.807, 2.05) is 0 Å². The van der Waals surface area contributed by atoms with Crippen LogP contribution in [0.15, 0.2) is 0 Å². The number of carbonyl (C=O) groups is 1. The number of hydrogen-bond acceptors (Lipinski definition) is 4. The molecule has 1 aliphatic rings. The zero-order chi connectivity index (χ0) is 8.48. The van der Waals surface area contributed by atoms with Gasteiger partial charge in [-0.15, -0.1) is 0 Å². The molecule has 5 nitrogen and oxygen atoms in total. The average molecular weight is 320 g/mol. The smallest absolute Gasteiger partial charge is 0.463 e. The monoisotopic (exact) mass is 320 g/mol. The van der Waals surface area contributed by atoms with Crippen LogP contribution in [0.4, 0.5) is 4.79 Å². The normalized spacial score (nSPS) is 25.8. The summed E-state index contributed by atoms with van der Waals surface area (Å²) in [6.07, 6.45) is -1.99. The molecular weight excluding hydrogens is 313 g/mol. The molecule has 67 valence electrons. The van der Waals surface area contributed by atoms with Crippen LogP contribution in [0.25, 0.3) is 0 Å². The van der Waals surface area contributed by atoms with Crippen LogP contribution in [0.3, 0.4) is 0 Å². The Morgan fingerprint density at radius 1 is 1.58 bits per heavy atom. The molecular formula is C5H7O5PrS-. The third-order valence-corrected chi connectivity index (χ3v) is 2.82. The van der Waals surface area contributed by atoms with E-state index in [-0.39, 0.29) is 53.5 Å². The Labute approximate surface area is 103 Å². The standard InChI is InChI=1S/C5H7O5S.Pr/c6-5(7)10-4-1-2-11(8,9)3-4;/h3-4H,1-2H2,(H,6,7);/q-1;. The van der Waals surface area contributed by atoms with E-state index in [0.29, 0.717) is 0 Å². The molecule has 0 spiro atoms. The molecule has 0 aromatic heterocycles. The van der Waals surface area contributed by atoms with E-state index in [0.717, 1.165) is 5.75 Å². The Bertz CT molecular complexity index is 259. The van der Waals surface area contributed by atoms with Gasteiger partial charge in [0.15, 0.2) is 0 Å². The fourth-order valence-electron chi connectivity index (χ4n) is 0.864. The van der Waals surface area contributed by atoms with E-state index < -0.39 is 22.1 Å². The Kier molecular flexibility index (Phi) is 4.95. The quantitative estimate of drug-likeness (QED) is 0.545. The van der Waals surface area contributed by atoms with Gasteiger partial charge in [0.2, 0.25) is 0 Å². The van der Waals surface area contributed by atoms with Crippen molar-refractivity contribution in [3.05, 3.63) is 5.75 Å². The van der Waals surface area contributed by atoms with Crippen molar-refractivity contribution in [3.8, 4) is 0 Å². The van der Waals surface area contributed by atoms with Gasteiger partial charge in [-0.2, -0.15) is 5.75 Å². The fourth-order valence-corrected chi connectivity index (χ4v) is 2.22.